The largest absolute Gasteiger partial charge is 0.465 e. The summed E-state index contributed by atoms with van der Waals surface area (Å²) in [6.45, 7) is 0. The Bertz CT molecular complexity index is 1050. The Labute approximate surface area is 181 Å². The number of methoxy groups -OCH3 is 1. The molecule has 30 heavy (non-hydrogen) atoms. The summed E-state index contributed by atoms with van der Waals surface area (Å²) in [5.41, 5.74) is 2.04. The first kappa shape index (κ1) is 21.3. The van der Waals surface area contributed by atoms with Crippen molar-refractivity contribution < 1.29 is 19.1 Å². The van der Waals surface area contributed by atoms with Gasteiger partial charge in [0.2, 0.25) is 5.91 Å². The number of urea groups is 1. The molecule has 0 radical (unpaired) electrons. The minimum atomic E-state index is -0.451. The number of hydrogen-bond acceptors (Lipinski definition) is 6. The van der Waals surface area contributed by atoms with Crippen LogP contribution < -0.4 is 16.0 Å². The summed E-state index contributed by atoms with van der Waals surface area (Å²) in [6.07, 6.45) is 0.0374. The van der Waals surface area contributed by atoms with E-state index in [9.17, 15) is 14.4 Å². The number of nitrogens with zero attached hydrogens (tertiary/aromatic N) is 1. The van der Waals surface area contributed by atoms with E-state index in [1.54, 1.807) is 53.9 Å². The van der Waals surface area contributed by atoms with Gasteiger partial charge in [-0.25, -0.2) is 14.6 Å². The lowest BCUT2D eigenvalue weighted by atomic mass is 10.2. The summed E-state index contributed by atoms with van der Waals surface area (Å²) in [5.74, 6) is -0.723. The fourth-order valence-electron chi connectivity index (χ4n) is 2.42. The monoisotopic (exact) mass is 444 g/mol. The molecule has 0 saturated carbocycles. The average molecular weight is 445 g/mol. The van der Waals surface area contributed by atoms with Gasteiger partial charge in [-0.05, 0) is 48.5 Å². The topological polar surface area (TPSA) is 109 Å². The lowest BCUT2D eigenvalue weighted by molar-refractivity contribution is -0.115. The zero-order valence-electron chi connectivity index (χ0n) is 15.8. The average Bonchev–Trinajstić information content (AvgIpc) is 3.16. The highest BCUT2D eigenvalue weighted by Crippen LogP contribution is 2.18. The van der Waals surface area contributed by atoms with Crippen LogP contribution in [0.1, 0.15) is 16.1 Å². The number of nitrogens with one attached hydrogen (secondary N) is 3. The molecule has 0 saturated heterocycles. The molecule has 3 N–H and O–H groups in total. The standard InChI is InChI=1S/C20H17ClN4O4S/c1-29-18(27)12-2-6-14(7-3-12)22-17(26)10-16-11-30-20(24-16)25-19(28)23-15-8-4-13(21)5-9-15/h2-9,11H,10H2,1H3,(H,22,26)(H2,23,24,25,28). The maximum Gasteiger partial charge on any atom is 0.337 e. The molecule has 1 heterocycles. The minimum Gasteiger partial charge on any atom is -0.465 e. The van der Waals surface area contributed by atoms with Crippen molar-refractivity contribution in [2.45, 2.75) is 6.42 Å². The number of esters is 1. The van der Waals surface area contributed by atoms with Crippen molar-refractivity contribution in [2.75, 3.05) is 23.1 Å². The molecule has 10 heteroatoms. The van der Waals surface area contributed by atoms with E-state index in [4.69, 9.17) is 11.6 Å². The van der Waals surface area contributed by atoms with Crippen LogP contribution in [0.25, 0.3) is 0 Å². The number of hydrogen-bond donors (Lipinski definition) is 3. The molecule has 0 aliphatic heterocycles. The lowest BCUT2D eigenvalue weighted by Crippen LogP contribution is -2.19. The van der Waals surface area contributed by atoms with Gasteiger partial charge in [-0.15, -0.1) is 11.3 Å². The van der Waals surface area contributed by atoms with E-state index in [0.29, 0.717) is 32.8 Å². The van der Waals surface area contributed by atoms with Gasteiger partial charge >= 0.3 is 12.0 Å². The quantitative estimate of drug-likeness (QED) is 0.488. The molecule has 8 nitrogen and oxygen atoms in total. The fraction of sp³-hybridized carbons (Fsp3) is 0.100. The second-order valence-corrected chi connectivity index (χ2v) is 7.32. The molecule has 3 rings (SSSR count). The molecule has 0 unspecified atom stereocenters. The third-order valence-corrected chi connectivity index (χ3v) is 4.86. The normalized spacial score (nSPS) is 10.2. The SMILES string of the molecule is COC(=O)c1ccc(NC(=O)Cc2csc(NC(=O)Nc3ccc(Cl)cc3)n2)cc1. The Morgan fingerprint density at radius 2 is 1.60 bits per heavy atom. The first-order valence-corrected chi connectivity index (χ1v) is 9.95. The number of benzene rings is 2. The van der Waals surface area contributed by atoms with Crippen LogP contribution in [0.4, 0.5) is 21.3 Å². The van der Waals surface area contributed by atoms with E-state index in [0.717, 1.165) is 0 Å². The van der Waals surface area contributed by atoms with Gasteiger partial charge in [0.15, 0.2) is 5.13 Å². The van der Waals surface area contributed by atoms with Crippen LogP contribution in [-0.2, 0) is 16.0 Å². The second-order valence-electron chi connectivity index (χ2n) is 6.02. The van der Waals surface area contributed by atoms with Gasteiger partial charge in [0, 0.05) is 21.8 Å². The molecule has 3 amide bonds. The van der Waals surface area contributed by atoms with E-state index in [2.05, 4.69) is 25.7 Å². The maximum absolute atomic E-state index is 12.2. The molecule has 1 aromatic heterocycles. The summed E-state index contributed by atoms with van der Waals surface area (Å²) in [5, 5.41) is 10.6. The third kappa shape index (κ3) is 6.03. The highest BCUT2D eigenvalue weighted by Gasteiger charge is 2.11. The Balaban J connectivity index is 1.50. The van der Waals surface area contributed by atoms with Crippen LogP contribution in [0.5, 0.6) is 0 Å². The fourth-order valence-corrected chi connectivity index (χ4v) is 3.25. The van der Waals surface area contributed by atoms with E-state index in [1.807, 2.05) is 0 Å². The molecule has 0 fully saturated rings. The number of anilines is 3. The summed E-state index contributed by atoms with van der Waals surface area (Å²) in [4.78, 5) is 39.9. The summed E-state index contributed by atoms with van der Waals surface area (Å²) >= 11 is 7.02. The number of amides is 3. The predicted octanol–water partition coefficient (Wildman–Crippen LogP) is 4.41. The van der Waals surface area contributed by atoms with Crippen LogP contribution in [0.2, 0.25) is 5.02 Å². The van der Waals surface area contributed by atoms with Crippen molar-refractivity contribution in [1.29, 1.82) is 0 Å². The van der Waals surface area contributed by atoms with Crippen LogP contribution in [0.3, 0.4) is 0 Å². The van der Waals surface area contributed by atoms with Crippen LogP contribution in [0.15, 0.2) is 53.9 Å². The van der Waals surface area contributed by atoms with Gasteiger partial charge in [-0.3, -0.25) is 10.1 Å². The van der Waals surface area contributed by atoms with Gasteiger partial charge in [-0.1, -0.05) is 11.6 Å². The minimum absolute atomic E-state index is 0.0374. The Kier molecular flexibility index (Phi) is 6.99. The highest BCUT2D eigenvalue weighted by molar-refractivity contribution is 7.14. The van der Waals surface area contributed by atoms with Gasteiger partial charge in [-0.2, -0.15) is 0 Å². The van der Waals surface area contributed by atoms with E-state index in [-0.39, 0.29) is 12.3 Å². The Morgan fingerprint density at radius 3 is 2.27 bits per heavy atom. The first-order chi connectivity index (χ1) is 14.4. The van der Waals surface area contributed by atoms with E-state index in [1.165, 1.54) is 18.4 Å². The summed E-state index contributed by atoms with van der Waals surface area (Å²) in [6, 6.07) is 12.6. The molecule has 2 aromatic carbocycles. The van der Waals surface area contributed by atoms with E-state index < -0.39 is 12.0 Å². The third-order valence-electron chi connectivity index (χ3n) is 3.81. The molecule has 0 atom stereocenters. The lowest BCUT2D eigenvalue weighted by Gasteiger charge is -2.06. The smallest absolute Gasteiger partial charge is 0.337 e. The molecule has 0 spiro atoms. The van der Waals surface area contributed by atoms with Gasteiger partial charge < -0.3 is 15.4 Å². The van der Waals surface area contributed by atoms with Crippen molar-refractivity contribution in [3.63, 3.8) is 0 Å². The first-order valence-electron chi connectivity index (χ1n) is 8.69. The van der Waals surface area contributed by atoms with Crippen molar-refractivity contribution in [3.05, 3.63) is 70.2 Å². The van der Waals surface area contributed by atoms with Gasteiger partial charge in [0.25, 0.3) is 0 Å². The number of carbonyl (C=O) groups is 3. The number of aromatic nitrogens is 1. The highest BCUT2D eigenvalue weighted by atomic mass is 35.5. The van der Waals surface area contributed by atoms with Crippen LogP contribution in [0, 0.1) is 0 Å². The Morgan fingerprint density at radius 1 is 0.967 bits per heavy atom. The van der Waals surface area contributed by atoms with Crippen LogP contribution in [-0.4, -0.2) is 30.0 Å². The molecule has 154 valence electrons. The van der Waals surface area contributed by atoms with Gasteiger partial charge in [0.1, 0.15) is 0 Å². The second kappa shape index (κ2) is 9.86. The van der Waals surface area contributed by atoms with Crippen molar-refractivity contribution >= 4 is 57.4 Å². The molecule has 0 bridgehead atoms. The zero-order valence-corrected chi connectivity index (χ0v) is 17.3. The van der Waals surface area contributed by atoms with Crippen LogP contribution >= 0.6 is 22.9 Å². The van der Waals surface area contributed by atoms with Crippen molar-refractivity contribution in [1.82, 2.24) is 4.98 Å². The maximum atomic E-state index is 12.2. The number of carbonyl (C=O) groups excluding carboxylic acids is 3. The molecular weight excluding hydrogens is 428 g/mol. The molecular formula is C20H17ClN4O4S. The summed E-state index contributed by atoms with van der Waals surface area (Å²) in [7, 11) is 1.30. The Hall–Kier alpha value is -3.43. The molecule has 0 aliphatic carbocycles. The number of ether oxygens (including phenoxy) is 1. The van der Waals surface area contributed by atoms with Crippen molar-refractivity contribution in [2.24, 2.45) is 0 Å². The zero-order chi connectivity index (χ0) is 21.5. The number of halogens is 1. The molecule has 3 aromatic rings. The van der Waals surface area contributed by atoms with Crippen molar-refractivity contribution in [3.8, 4) is 0 Å². The number of rotatable bonds is 6. The van der Waals surface area contributed by atoms with E-state index >= 15 is 0 Å². The summed E-state index contributed by atoms with van der Waals surface area (Å²) < 4.78 is 4.63. The number of thiazole rings is 1. The van der Waals surface area contributed by atoms with Gasteiger partial charge in [0.05, 0.1) is 24.8 Å². The molecule has 0 aliphatic rings. The predicted molar refractivity (Wildman–Crippen MR) is 116 cm³/mol.